The highest BCUT2D eigenvalue weighted by molar-refractivity contribution is 9.10. The van der Waals surface area contributed by atoms with Crippen LogP contribution in [0.3, 0.4) is 0 Å². The van der Waals surface area contributed by atoms with E-state index in [9.17, 15) is 23.7 Å². The van der Waals surface area contributed by atoms with Gasteiger partial charge >= 0.3 is 5.69 Å². The molecule has 2 aromatic carbocycles. The average molecular weight is 392 g/mol. The normalized spacial score (nSPS) is 10.4. The molecule has 0 heterocycles. The molecule has 2 aromatic rings. The molecule has 0 spiro atoms. The first kappa shape index (κ1) is 16.3. The summed E-state index contributed by atoms with van der Waals surface area (Å²) < 4.78 is 27.2. The highest BCUT2D eigenvalue weighted by Crippen LogP contribution is 2.32. The van der Waals surface area contributed by atoms with Gasteiger partial charge in [-0.25, -0.2) is 4.39 Å². The SMILES string of the molecule is O=C(Nc1c(Cl)cc(F)cc1Br)c1cccc([N+](=O)[O-])c1F. The van der Waals surface area contributed by atoms with Crippen LogP contribution in [0, 0.1) is 21.7 Å². The van der Waals surface area contributed by atoms with Gasteiger partial charge in [0.1, 0.15) is 5.82 Å². The highest BCUT2D eigenvalue weighted by atomic mass is 79.9. The summed E-state index contributed by atoms with van der Waals surface area (Å²) in [5.41, 5.74) is -1.32. The van der Waals surface area contributed by atoms with Crippen LogP contribution in [-0.2, 0) is 0 Å². The molecule has 22 heavy (non-hydrogen) atoms. The van der Waals surface area contributed by atoms with Gasteiger partial charge in [0.25, 0.3) is 5.91 Å². The Hall–Kier alpha value is -2.06. The maximum atomic E-state index is 13.9. The van der Waals surface area contributed by atoms with Gasteiger partial charge in [-0.05, 0) is 34.1 Å². The van der Waals surface area contributed by atoms with Crippen LogP contribution in [0.2, 0.25) is 5.02 Å². The van der Waals surface area contributed by atoms with Crippen LogP contribution in [0.15, 0.2) is 34.8 Å². The molecule has 0 aliphatic rings. The van der Waals surface area contributed by atoms with Crippen LogP contribution in [0.4, 0.5) is 20.2 Å². The molecule has 0 saturated carbocycles. The summed E-state index contributed by atoms with van der Waals surface area (Å²) in [6.45, 7) is 0. The minimum absolute atomic E-state index is 0.0268. The summed E-state index contributed by atoms with van der Waals surface area (Å²) in [5.74, 6) is -2.84. The predicted octanol–water partition coefficient (Wildman–Crippen LogP) is 4.54. The number of rotatable bonds is 3. The minimum Gasteiger partial charge on any atom is -0.320 e. The molecule has 9 heteroatoms. The molecule has 0 aliphatic heterocycles. The van der Waals surface area contributed by atoms with Crippen molar-refractivity contribution < 1.29 is 18.5 Å². The average Bonchev–Trinajstić information content (AvgIpc) is 2.42. The fourth-order valence-electron chi connectivity index (χ4n) is 1.68. The third kappa shape index (κ3) is 3.23. The van der Waals surface area contributed by atoms with Gasteiger partial charge in [0.05, 0.1) is 21.2 Å². The highest BCUT2D eigenvalue weighted by Gasteiger charge is 2.22. The van der Waals surface area contributed by atoms with Crippen molar-refractivity contribution in [2.24, 2.45) is 0 Å². The van der Waals surface area contributed by atoms with Crippen molar-refractivity contribution in [1.82, 2.24) is 0 Å². The van der Waals surface area contributed by atoms with Crippen LogP contribution in [-0.4, -0.2) is 10.8 Å². The van der Waals surface area contributed by atoms with Crippen LogP contribution < -0.4 is 5.32 Å². The number of nitro groups is 1. The van der Waals surface area contributed by atoms with Gasteiger partial charge < -0.3 is 5.32 Å². The van der Waals surface area contributed by atoms with Gasteiger partial charge in [0.2, 0.25) is 5.82 Å². The maximum absolute atomic E-state index is 13.9. The van der Waals surface area contributed by atoms with E-state index in [0.29, 0.717) is 0 Å². The largest absolute Gasteiger partial charge is 0.320 e. The lowest BCUT2D eigenvalue weighted by atomic mass is 10.1. The van der Waals surface area contributed by atoms with Crippen molar-refractivity contribution in [3.05, 3.63) is 67.1 Å². The molecule has 5 nitrogen and oxygen atoms in total. The monoisotopic (exact) mass is 390 g/mol. The summed E-state index contributed by atoms with van der Waals surface area (Å²) in [6.07, 6.45) is 0. The molecule has 1 amide bonds. The summed E-state index contributed by atoms with van der Waals surface area (Å²) in [4.78, 5) is 21.8. The van der Waals surface area contributed by atoms with E-state index in [4.69, 9.17) is 11.6 Å². The number of halogens is 4. The number of nitrogens with zero attached hydrogens (tertiary/aromatic N) is 1. The standard InChI is InChI=1S/C13H6BrClF2N2O3/c14-8-4-6(16)5-9(15)12(8)18-13(20)7-2-1-3-10(11(7)17)19(21)22/h1-5H,(H,18,20). The maximum Gasteiger partial charge on any atom is 0.305 e. The van der Waals surface area contributed by atoms with E-state index in [0.717, 1.165) is 24.3 Å². The Morgan fingerprint density at radius 2 is 2.00 bits per heavy atom. The Morgan fingerprint density at radius 1 is 1.32 bits per heavy atom. The lowest BCUT2D eigenvalue weighted by Gasteiger charge is -2.10. The molecule has 0 fully saturated rings. The predicted molar refractivity (Wildman–Crippen MR) is 80.1 cm³/mol. The number of hydrogen-bond acceptors (Lipinski definition) is 3. The Labute approximate surface area is 136 Å². The van der Waals surface area contributed by atoms with Crippen molar-refractivity contribution in [3.8, 4) is 0 Å². The molecule has 1 N–H and O–H groups in total. The fraction of sp³-hybridized carbons (Fsp3) is 0. The quantitative estimate of drug-likeness (QED) is 0.617. The lowest BCUT2D eigenvalue weighted by Crippen LogP contribution is -2.15. The van der Waals surface area contributed by atoms with Gasteiger partial charge in [-0.3, -0.25) is 14.9 Å². The third-order valence-corrected chi connectivity index (χ3v) is 3.59. The molecule has 0 saturated heterocycles. The number of carbonyl (C=O) groups is 1. The second-order valence-electron chi connectivity index (χ2n) is 4.09. The van der Waals surface area contributed by atoms with E-state index in [1.165, 1.54) is 6.07 Å². The Kier molecular flexibility index (Phi) is 4.72. The number of hydrogen-bond donors (Lipinski definition) is 1. The first-order valence-electron chi connectivity index (χ1n) is 5.70. The van der Waals surface area contributed by atoms with Crippen molar-refractivity contribution >= 4 is 44.8 Å². The smallest absolute Gasteiger partial charge is 0.305 e. The van der Waals surface area contributed by atoms with Crippen molar-refractivity contribution in [2.45, 2.75) is 0 Å². The van der Waals surface area contributed by atoms with Gasteiger partial charge in [0.15, 0.2) is 0 Å². The fourth-order valence-corrected chi connectivity index (χ4v) is 2.58. The molecule has 0 unspecified atom stereocenters. The van der Waals surface area contributed by atoms with E-state index in [1.54, 1.807) is 0 Å². The van der Waals surface area contributed by atoms with E-state index >= 15 is 0 Å². The van der Waals surface area contributed by atoms with Gasteiger partial charge in [-0.15, -0.1) is 0 Å². The van der Waals surface area contributed by atoms with E-state index in [-0.39, 0.29) is 15.2 Å². The first-order valence-corrected chi connectivity index (χ1v) is 6.87. The number of nitro benzene ring substituents is 1. The second kappa shape index (κ2) is 6.37. The van der Waals surface area contributed by atoms with E-state index < -0.39 is 33.7 Å². The number of amides is 1. The Morgan fingerprint density at radius 3 is 2.59 bits per heavy atom. The molecule has 0 aliphatic carbocycles. The van der Waals surface area contributed by atoms with Gasteiger partial charge in [0, 0.05) is 10.5 Å². The Bertz CT molecular complexity index is 763. The summed E-state index contributed by atoms with van der Waals surface area (Å²) in [6, 6.07) is 5.23. The second-order valence-corrected chi connectivity index (χ2v) is 5.36. The number of anilines is 1. The number of carbonyl (C=O) groups excluding carboxylic acids is 1. The molecule has 114 valence electrons. The topological polar surface area (TPSA) is 72.2 Å². The summed E-state index contributed by atoms with van der Waals surface area (Å²) >= 11 is 8.82. The molecular weight excluding hydrogens is 386 g/mol. The summed E-state index contributed by atoms with van der Waals surface area (Å²) in [7, 11) is 0. The Balaban J connectivity index is 2.39. The molecule has 0 radical (unpaired) electrons. The lowest BCUT2D eigenvalue weighted by molar-refractivity contribution is -0.387. The zero-order valence-corrected chi connectivity index (χ0v) is 12.9. The van der Waals surface area contributed by atoms with Gasteiger partial charge in [-0.2, -0.15) is 4.39 Å². The first-order chi connectivity index (χ1) is 10.3. The molecule has 2 rings (SSSR count). The van der Waals surface area contributed by atoms with E-state index in [2.05, 4.69) is 21.2 Å². The van der Waals surface area contributed by atoms with Crippen molar-refractivity contribution in [1.29, 1.82) is 0 Å². The molecule has 0 aromatic heterocycles. The van der Waals surface area contributed by atoms with Gasteiger partial charge in [-0.1, -0.05) is 17.7 Å². The number of benzene rings is 2. The van der Waals surface area contributed by atoms with Crippen LogP contribution in [0.25, 0.3) is 0 Å². The van der Waals surface area contributed by atoms with Crippen LogP contribution >= 0.6 is 27.5 Å². The van der Waals surface area contributed by atoms with Crippen molar-refractivity contribution in [2.75, 3.05) is 5.32 Å². The minimum atomic E-state index is -1.26. The van der Waals surface area contributed by atoms with Crippen molar-refractivity contribution in [3.63, 3.8) is 0 Å². The summed E-state index contributed by atoms with van der Waals surface area (Å²) in [5, 5.41) is 12.8. The molecule has 0 bridgehead atoms. The van der Waals surface area contributed by atoms with Crippen LogP contribution in [0.5, 0.6) is 0 Å². The number of nitrogens with one attached hydrogen (secondary N) is 1. The zero-order chi connectivity index (χ0) is 16.4. The molecular formula is C13H6BrClF2N2O3. The third-order valence-electron chi connectivity index (χ3n) is 2.67. The van der Waals surface area contributed by atoms with Crippen LogP contribution in [0.1, 0.15) is 10.4 Å². The zero-order valence-electron chi connectivity index (χ0n) is 10.6. The molecule has 0 atom stereocenters. The van der Waals surface area contributed by atoms with E-state index in [1.807, 2.05) is 0 Å².